The number of carbonyl (C=O) groups is 1. The Morgan fingerprint density at radius 3 is 2.38 bits per heavy atom. The van der Waals surface area contributed by atoms with Crippen molar-refractivity contribution < 1.29 is 22.3 Å². The van der Waals surface area contributed by atoms with Crippen molar-refractivity contribution in [2.24, 2.45) is 0 Å². The normalized spacial score (nSPS) is 11.4. The standard InChI is InChI=1S/C18H21FN2O4S/c1-21(2)26(23,24)16-9-7-15(8-10-16)25-12-11-20-18(22)13-14-5-3-4-6-17(14)19/h3-10H,11-13H2,1-2H3,(H,20,22). The van der Waals surface area contributed by atoms with Gasteiger partial charge < -0.3 is 10.1 Å². The highest BCUT2D eigenvalue weighted by atomic mass is 32.2. The van der Waals surface area contributed by atoms with Crippen LogP contribution in [-0.4, -0.2) is 45.9 Å². The molecule has 0 aromatic heterocycles. The third-order valence-electron chi connectivity index (χ3n) is 3.60. The van der Waals surface area contributed by atoms with Crippen molar-refractivity contribution in [3.05, 3.63) is 59.9 Å². The van der Waals surface area contributed by atoms with Gasteiger partial charge in [0.15, 0.2) is 0 Å². The largest absolute Gasteiger partial charge is 0.492 e. The summed E-state index contributed by atoms with van der Waals surface area (Å²) in [6, 6.07) is 12.1. The molecule has 0 saturated heterocycles. The molecule has 26 heavy (non-hydrogen) atoms. The zero-order chi connectivity index (χ0) is 19.2. The molecule has 1 amide bonds. The summed E-state index contributed by atoms with van der Waals surface area (Å²) in [6.07, 6.45) is -0.0379. The molecule has 2 rings (SSSR count). The Labute approximate surface area is 152 Å². The van der Waals surface area contributed by atoms with Gasteiger partial charge in [0.25, 0.3) is 0 Å². The Balaban J connectivity index is 1.78. The molecular weight excluding hydrogens is 359 g/mol. The molecular formula is C18H21FN2O4S. The number of carbonyl (C=O) groups excluding carboxylic acids is 1. The van der Waals surface area contributed by atoms with Crippen molar-refractivity contribution >= 4 is 15.9 Å². The van der Waals surface area contributed by atoms with Gasteiger partial charge in [-0.15, -0.1) is 0 Å². The van der Waals surface area contributed by atoms with E-state index in [1.807, 2.05) is 0 Å². The first kappa shape index (κ1) is 19.9. The second-order valence-corrected chi connectivity index (χ2v) is 7.88. The summed E-state index contributed by atoms with van der Waals surface area (Å²) >= 11 is 0. The fourth-order valence-electron chi connectivity index (χ4n) is 2.16. The van der Waals surface area contributed by atoms with Gasteiger partial charge in [0, 0.05) is 14.1 Å². The Bertz CT molecular complexity index is 852. The number of benzene rings is 2. The molecule has 8 heteroatoms. The molecule has 0 aliphatic carbocycles. The van der Waals surface area contributed by atoms with Crippen molar-refractivity contribution in [2.45, 2.75) is 11.3 Å². The summed E-state index contributed by atoms with van der Waals surface area (Å²) in [5.74, 6) is -0.219. The Hall–Kier alpha value is -2.45. The molecule has 2 aromatic rings. The lowest BCUT2D eigenvalue weighted by Gasteiger charge is -2.12. The Kier molecular flexibility index (Phi) is 6.70. The number of amides is 1. The minimum absolute atomic E-state index is 0.0379. The Morgan fingerprint density at radius 2 is 1.77 bits per heavy atom. The monoisotopic (exact) mass is 380 g/mol. The van der Waals surface area contributed by atoms with Gasteiger partial charge in [-0.3, -0.25) is 4.79 Å². The van der Waals surface area contributed by atoms with Crippen LogP contribution in [0.1, 0.15) is 5.56 Å². The first-order valence-corrected chi connectivity index (χ1v) is 9.40. The van der Waals surface area contributed by atoms with Crippen molar-refractivity contribution in [2.75, 3.05) is 27.2 Å². The summed E-state index contributed by atoms with van der Waals surface area (Å²) < 4.78 is 44.0. The molecule has 0 bridgehead atoms. The number of nitrogens with one attached hydrogen (secondary N) is 1. The van der Waals surface area contributed by atoms with Crippen LogP contribution in [-0.2, 0) is 21.2 Å². The maximum atomic E-state index is 13.5. The van der Waals surface area contributed by atoms with E-state index in [0.29, 0.717) is 11.3 Å². The van der Waals surface area contributed by atoms with Crippen LogP contribution in [0.4, 0.5) is 4.39 Å². The number of hydrogen-bond donors (Lipinski definition) is 1. The van der Waals surface area contributed by atoms with Gasteiger partial charge in [-0.1, -0.05) is 18.2 Å². The van der Waals surface area contributed by atoms with Gasteiger partial charge in [-0.2, -0.15) is 0 Å². The third kappa shape index (κ3) is 5.27. The van der Waals surface area contributed by atoms with E-state index >= 15 is 0 Å². The third-order valence-corrected chi connectivity index (χ3v) is 5.43. The van der Waals surface area contributed by atoms with E-state index in [4.69, 9.17) is 4.74 Å². The minimum Gasteiger partial charge on any atom is -0.492 e. The molecule has 0 atom stereocenters. The van der Waals surface area contributed by atoms with Gasteiger partial charge in [0.2, 0.25) is 15.9 Å². The second-order valence-electron chi connectivity index (χ2n) is 5.73. The molecule has 0 spiro atoms. The van der Waals surface area contributed by atoms with Gasteiger partial charge in [0.05, 0.1) is 17.9 Å². The molecule has 0 saturated carbocycles. The summed E-state index contributed by atoms with van der Waals surface area (Å²) in [5.41, 5.74) is 0.337. The lowest BCUT2D eigenvalue weighted by Crippen LogP contribution is -2.29. The molecule has 0 unspecified atom stereocenters. The maximum absolute atomic E-state index is 13.5. The van der Waals surface area contributed by atoms with E-state index in [-0.39, 0.29) is 30.4 Å². The molecule has 140 valence electrons. The van der Waals surface area contributed by atoms with Crippen LogP contribution in [0.15, 0.2) is 53.4 Å². The number of sulfonamides is 1. The van der Waals surface area contributed by atoms with Gasteiger partial charge >= 0.3 is 0 Å². The van der Waals surface area contributed by atoms with Crippen LogP contribution in [0, 0.1) is 5.82 Å². The molecule has 0 fully saturated rings. The first-order valence-electron chi connectivity index (χ1n) is 7.96. The summed E-state index contributed by atoms with van der Waals surface area (Å²) in [4.78, 5) is 12.0. The summed E-state index contributed by atoms with van der Waals surface area (Å²) in [6.45, 7) is 0.466. The summed E-state index contributed by atoms with van der Waals surface area (Å²) in [7, 11) is -0.549. The average Bonchev–Trinajstić information content (AvgIpc) is 2.61. The van der Waals surface area contributed by atoms with Crippen molar-refractivity contribution in [1.29, 1.82) is 0 Å². The van der Waals surface area contributed by atoms with E-state index < -0.39 is 15.8 Å². The van der Waals surface area contributed by atoms with Crippen LogP contribution in [0.2, 0.25) is 0 Å². The SMILES string of the molecule is CN(C)S(=O)(=O)c1ccc(OCCNC(=O)Cc2ccccc2F)cc1. The molecule has 1 N–H and O–H groups in total. The number of halogens is 1. The predicted octanol–water partition coefficient (Wildman–Crippen LogP) is 1.81. The van der Waals surface area contributed by atoms with Crippen LogP contribution in [0.25, 0.3) is 0 Å². The van der Waals surface area contributed by atoms with E-state index in [2.05, 4.69) is 5.32 Å². The molecule has 0 aliphatic rings. The smallest absolute Gasteiger partial charge is 0.242 e. The van der Waals surface area contributed by atoms with E-state index in [9.17, 15) is 17.6 Å². The fraction of sp³-hybridized carbons (Fsp3) is 0.278. The van der Waals surface area contributed by atoms with Crippen LogP contribution < -0.4 is 10.1 Å². The molecule has 0 aliphatic heterocycles. The van der Waals surface area contributed by atoms with Crippen LogP contribution >= 0.6 is 0 Å². The fourth-order valence-corrected chi connectivity index (χ4v) is 3.06. The molecule has 2 aromatic carbocycles. The topological polar surface area (TPSA) is 75.7 Å². The van der Waals surface area contributed by atoms with Crippen molar-refractivity contribution in [1.82, 2.24) is 9.62 Å². The zero-order valence-corrected chi connectivity index (χ0v) is 15.4. The van der Waals surface area contributed by atoms with Crippen molar-refractivity contribution in [3.63, 3.8) is 0 Å². The highest BCUT2D eigenvalue weighted by Crippen LogP contribution is 2.17. The summed E-state index contributed by atoms with van der Waals surface area (Å²) in [5, 5.41) is 2.65. The number of rotatable bonds is 8. The van der Waals surface area contributed by atoms with Crippen LogP contribution in [0.5, 0.6) is 5.75 Å². The van der Waals surface area contributed by atoms with E-state index in [0.717, 1.165) is 4.31 Å². The van der Waals surface area contributed by atoms with Crippen molar-refractivity contribution in [3.8, 4) is 5.75 Å². The number of hydrogen-bond acceptors (Lipinski definition) is 4. The van der Waals surface area contributed by atoms with E-state index in [1.165, 1.54) is 32.3 Å². The Morgan fingerprint density at radius 1 is 1.12 bits per heavy atom. The zero-order valence-electron chi connectivity index (χ0n) is 14.6. The molecule has 0 heterocycles. The second kappa shape index (κ2) is 8.77. The predicted molar refractivity (Wildman–Crippen MR) is 95.9 cm³/mol. The minimum atomic E-state index is -3.47. The highest BCUT2D eigenvalue weighted by Gasteiger charge is 2.16. The molecule has 6 nitrogen and oxygen atoms in total. The number of ether oxygens (including phenoxy) is 1. The van der Waals surface area contributed by atoms with E-state index in [1.54, 1.807) is 30.3 Å². The molecule has 0 radical (unpaired) electrons. The lowest BCUT2D eigenvalue weighted by atomic mass is 10.1. The van der Waals surface area contributed by atoms with Gasteiger partial charge in [-0.05, 0) is 35.9 Å². The quantitative estimate of drug-likeness (QED) is 0.709. The van der Waals surface area contributed by atoms with Gasteiger partial charge in [0.1, 0.15) is 18.2 Å². The van der Waals surface area contributed by atoms with Gasteiger partial charge in [-0.25, -0.2) is 17.1 Å². The highest BCUT2D eigenvalue weighted by molar-refractivity contribution is 7.89. The maximum Gasteiger partial charge on any atom is 0.242 e. The number of nitrogens with zero attached hydrogens (tertiary/aromatic N) is 1. The average molecular weight is 380 g/mol. The van der Waals surface area contributed by atoms with Crippen LogP contribution in [0.3, 0.4) is 0 Å². The lowest BCUT2D eigenvalue weighted by molar-refractivity contribution is -0.120. The first-order chi connectivity index (χ1) is 12.3.